The fourth-order valence-corrected chi connectivity index (χ4v) is 2.25. The quantitative estimate of drug-likeness (QED) is 0.731. The molecular weight excluding hydrogens is 206 g/mol. The third-order valence-corrected chi connectivity index (χ3v) is 3.18. The van der Waals surface area contributed by atoms with Crippen molar-refractivity contribution in [1.29, 1.82) is 0 Å². The van der Waals surface area contributed by atoms with E-state index in [2.05, 4.69) is 44.2 Å². The highest BCUT2D eigenvalue weighted by Gasteiger charge is 2.05. The molecule has 0 aliphatic rings. The minimum Gasteiger partial charge on any atom is -0.253 e. The molecule has 0 aliphatic carbocycles. The van der Waals surface area contributed by atoms with E-state index in [-0.39, 0.29) is 0 Å². The average Bonchev–Trinajstić information content (AvgIpc) is 2.36. The summed E-state index contributed by atoms with van der Waals surface area (Å²) in [7, 11) is 0. The number of nitrogens with zero attached hydrogens (tertiary/aromatic N) is 1. The molecule has 2 aromatic rings. The number of benzene rings is 1. The molecule has 0 atom stereocenters. The van der Waals surface area contributed by atoms with Crippen molar-refractivity contribution in [3.8, 4) is 0 Å². The molecule has 0 unspecified atom stereocenters. The van der Waals surface area contributed by atoms with E-state index in [0.717, 1.165) is 18.4 Å². The largest absolute Gasteiger partial charge is 0.253 e. The molecule has 0 fully saturated rings. The molecule has 0 saturated heterocycles. The highest BCUT2D eigenvalue weighted by atomic mass is 14.7. The Morgan fingerprint density at radius 2 is 1.82 bits per heavy atom. The zero-order chi connectivity index (χ0) is 12.1. The lowest BCUT2D eigenvalue weighted by Crippen LogP contribution is -1.99. The van der Waals surface area contributed by atoms with Crippen LogP contribution in [0.15, 0.2) is 30.3 Å². The Morgan fingerprint density at radius 3 is 2.59 bits per heavy atom. The number of aryl methyl sites for hydroxylation is 2. The Kier molecular flexibility index (Phi) is 4.13. The highest BCUT2D eigenvalue weighted by molar-refractivity contribution is 5.79. The van der Waals surface area contributed by atoms with Crippen LogP contribution in [-0.4, -0.2) is 4.98 Å². The van der Waals surface area contributed by atoms with Crippen LogP contribution in [0.3, 0.4) is 0 Å². The van der Waals surface area contributed by atoms with Crippen LogP contribution >= 0.6 is 0 Å². The predicted molar refractivity (Wildman–Crippen MR) is 74.4 cm³/mol. The third kappa shape index (κ3) is 2.85. The molecule has 2 rings (SSSR count). The molecule has 0 bridgehead atoms. The summed E-state index contributed by atoms with van der Waals surface area (Å²) in [5.41, 5.74) is 3.89. The van der Waals surface area contributed by atoms with E-state index < -0.39 is 0 Å². The normalized spacial score (nSPS) is 10.9. The first-order valence-corrected chi connectivity index (χ1v) is 6.72. The molecule has 1 aromatic heterocycles. The lowest BCUT2D eigenvalue weighted by Gasteiger charge is -2.09. The van der Waals surface area contributed by atoms with Crippen LogP contribution in [0.4, 0.5) is 0 Å². The molecule has 0 saturated carbocycles. The van der Waals surface area contributed by atoms with E-state index in [1.807, 2.05) is 0 Å². The van der Waals surface area contributed by atoms with E-state index in [1.54, 1.807) is 0 Å². The first kappa shape index (κ1) is 12.1. The number of hydrogen-bond donors (Lipinski definition) is 0. The summed E-state index contributed by atoms with van der Waals surface area (Å²) in [6, 6.07) is 10.8. The van der Waals surface area contributed by atoms with Gasteiger partial charge in [-0.25, -0.2) is 0 Å². The number of rotatable bonds is 5. The monoisotopic (exact) mass is 227 g/mol. The average molecular weight is 227 g/mol. The van der Waals surface area contributed by atoms with Gasteiger partial charge in [0, 0.05) is 11.1 Å². The molecular formula is C16H21N. The lowest BCUT2D eigenvalue weighted by atomic mass is 10.0. The summed E-state index contributed by atoms with van der Waals surface area (Å²) >= 11 is 0. The van der Waals surface area contributed by atoms with Gasteiger partial charge < -0.3 is 0 Å². The lowest BCUT2D eigenvalue weighted by molar-refractivity contribution is 0.763. The Labute approximate surface area is 104 Å². The molecule has 0 N–H and O–H groups in total. The Bertz CT molecular complexity index is 488. The second-order valence-corrected chi connectivity index (χ2v) is 4.64. The van der Waals surface area contributed by atoms with Crippen molar-refractivity contribution in [1.82, 2.24) is 4.98 Å². The molecule has 0 aliphatic heterocycles. The van der Waals surface area contributed by atoms with Gasteiger partial charge in [0.05, 0.1) is 5.52 Å². The third-order valence-electron chi connectivity index (χ3n) is 3.18. The van der Waals surface area contributed by atoms with E-state index in [0.29, 0.717) is 0 Å². The highest BCUT2D eigenvalue weighted by Crippen LogP contribution is 2.19. The van der Waals surface area contributed by atoms with Crippen molar-refractivity contribution in [3.63, 3.8) is 0 Å². The minimum atomic E-state index is 1.12. The van der Waals surface area contributed by atoms with Crippen LogP contribution in [0.2, 0.25) is 0 Å². The number of para-hydroxylation sites is 1. The Balaban J connectivity index is 2.42. The van der Waals surface area contributed by atoms with Crippen LogP contribution in [0, 0.1) is 0 Å². The van der Waals surface area contributed by atoms with E-state index in [9.17, 15) is 0 Å². The summed E-state index contributed by atoms with van der Waals surface area (Å²) in [4.78, 5) is 4.83. The first-order valence-electron chi connectivity index (χ1n) is 6.72. The molecule has 1 nitrogen and oxygen atoms in total. The van der Waals surface area contributed by atoms with Crippen LogP contribution in [0.1, 0.15) is 44.4 Å². The van der Waals surface area contributed by atoms with Gasteiger partial charge in [0.25, 0.3) is 0 Å². The van der Waals surface area contributed by atoms with Crippen molar-refractivity contribution < 1.29 is 0 Å². The standard InChI is InChI=1S/C16H21N/c1-3-5-10-15-13(8-4-2)12-14-9-6-7-11-16(14)17-15/h6-7,9,11-12H,3-5,8,10H2,1-2H3. The zero-order valence-electron chi connectivity index (χ0n) is 10.9. The number of hydrogen-bond acceptors (Lipinski definition) is 1. The Hall–Kier alpha value is -1.37. The topological polar surface area (TPSA) is 12.9 Å². The summed E-state index contributed by atoms with van der Waals surface area (Å²) < 4.78 is 0. The van der Waals surface area contributed by atoms with Gasteiger partial charge in [-0.3, -0.25) is 4.98 Å². The van der Waals surface area contributed by atoms with Crippen molar-refractivity contribution in [3.05, 3.63) is 41.6 Å². The van der Waals surface area contributed by atoms with Gasteiger partial charge in [0.15, 0.2) is 0 Å². The molecule has 0 amide bonds. The maximum absolute atomic E-state index is 4.83. The fraction of sp³-hybridized carbons (Fsp3) is 0.438. The molecule has 90 valence electrons. The molecule has 1 aromatic carbocycles. The van der Waals surface area contributed by atoms with Gasteiger partial charge in [-0.05, 0) is 37.0 Å². The van der Waals surface area contributed by atoms with Crippen LogP contribution < -0.4 is 0 Å². The van der Waals surface area contributed by atoms with E-state index in [1.165, 1.54) is 35.9 Å². The minimum absolute atomic E-state index is 1.12. The van der Waals surface area contributed by atoms with Gasteiger partial charge in [-0.1, -0.05) is 44.9 Å². The summed E-state index contributed by atoms with van der Waals surface area (Å²) in [6.07, 6.45) is 5.94. The van der Waals surface area contributed by atoms with Crippen LogP contribution in [0.5, 0.6) is 0 Å². The predicted octanol–water partition coefficient (Wildman–Crippen LogP) is 4.53. The molecule has 17 heavy (non-hydrogen) atoms. The van der Waals surface area contributed by atoms with Gasteiger partial charge >= 0.3 is 0 Å². The second kappa shape index (κ2) is 5.81. The van der Waals surface area contributed by atoms with Crippen molar-refractivity contribution >= 4 is 10.9 Å². The van der Waals surface area contributed by atoms with E-state index in [4.69, 9.17) is 4.98 Å². The smallest absolute Gasteiger partial charge is 0.0705 e. The maximum atomic E-state index is 4.83. The maximum Gasteiger partial charge on any atom is 0.0705 e. The van der Waals surface area contributed by atoms with Gasteiger partial charge in [0.1, 0.15) is 0 Å². The summed E-state index contributed by atoms with van der Waals surface area (Å²) in [6.45, 7) is 4.47. The van der Waals surface area contributed by atoms with Crippen LogP contribution in [0.25, 0.3) is 10.9 Å². The fourth-order valence-electron chi connectivity index (χ4n) is 2.25. The molecule has 0 spiro atoms. The number of aromatic nitrogens is 1. The van der Waals surface area contributed by atoms with Crippen molar-refractivity contribution in [2.24, 2.45) is 0 Å². The Morgan fingerprint density at radius 1 is 1.00 bits per heavy atom. The summed E-state index contributed by atoms with van der Waals surface area (Å²) in [5, 5.41) is 1.27. The van der Waals surface area contributed by atoms with Gasteiger partial charge in [-0.2, -0.15) is 0 Å². The molecule has 0 radical (unpaired) electrons. The number of pyridine rings is 1. The van der Waals surface area contributed by atoms with Crippen LogP contribution in [-0.2, 0) is 12.8 Å². The molecule has 1 heteroatoms. The molecule has 1 heterocycles. The van der Waals surface area contributed by atoms with E-state index >= 15 is 0 Å². The SMILES string of the molecule is CCCCc1nc2ccccc2cc1CCC. The second-order valence-electron chi connectivity index (χ2n) is 4.64. The number of unbranched alkanes of at least 4 members (excludes halogenated alkanes) is 1. The summed E-state index contributed by atoms with van der Waals surface area (Å²) in [5.74, 6) is 0. The van der Waals surface area contributed by atoms with Crippen molar-refractivity contribution in [2.45, 2.75) is 46.0 Å². The van der Waals surface area contributed by atoms with Gasteiger partial charge in [0.2, 0.25) is 0 Å². The van der Waals surface area contributed by atoms with Crippen molar-refractivity contribution in [2.75, 3.05) is 0 Å². The number of fused-ring (bicyclic) bond motifs is 1. The zero-order valence-corrected chi connectivity index (χ0v) is 10.9. The van der Waals surface area contributed by atoms with Gasteiger partial charge in [-0.15, -0.1) is 0 Å². The first-order chi connectivity index (χ1) is 8.35.